The molecule has 3 aromatic rings. The van der Waals surface area contributed by atoms with E-state index in [1.807, 2.05) is 36.4 Å². The maximum Gasteiger partial charge on any atom is 0.113 e. The van der Waals surface area contributed by atoms with Crippen molar-refractivity contribution < 1.29 is 0 Å². The van der Waals surface area contributed by atoms with Gasteiger partial charge in [0.05, 0.1) is 16.8 Å². The van der Waals surface area contributed by atoms with Crippen molar-refractivity contribution in [2.75, 3.05) is 5.32 Å². The standard InChI is InChI=1S/C14H10BrClN2S/c15-9-4-5-13-12(6-9)18-14(19-13)8-17-11-3-1-2-10(16)7-11/h1-7,17H,8H2. The van der Waals surface area contributed by atoms with Crippen LogP contribution in [-0.2, 0) is 6.54 Å². The summed E-state index contributed by atoms with van der Waals surface area (Å²) in [6.07, 6.45) is 0. The predicted molar refractivity (Wildman–Crippen MR) is 86.1 cm³/mol. The lowest BCUT2D eigenvalue weighted by molar-refractivity contribution is 1.12. The molecule has 0 saturated heterocycles. The van der Waals surface area contributed by atoms with Crippen LogP contribution in [0.4, 0.5) is 5.69 Å². The maximum atomic E-state index is 5.95. The van der Waals surface area contributed by atoms with E-state index in [4.69, 9.17) is 11.6 Å². The molecule has 0 aliphatic heterocycles. The molecule has 19 heavy (non-hydrogen) atoms. The first-order chi connectivity index (χ1) is 9.20. The number of nitrogens with one attached hydrogen (secondary N) is 1. The van der Waals surface area contributed by atoms with E-state index >= 15 is 0 Å². The first-order valence-electron chi connectivity index (χ1n) is 5.75. The molecule has 0 spiro atoms. The average molecular weight is 354 g/mol. The largest absolute Gasteiger partial charge is 0.378 e. The fourth-order valence-electron chi connectivity index (χ4n) is 1.80. The Balaban J connectivity index is 1.78. The lowest BCUT2D eigenvalue weighted by Crippen LogP contribution is -1.98. The van der Waals surface area contributed by atoms with Gasteiger partial charge >= 0.3 is 0 Å². The van der Waals surface area contributed by atoms with Gasteiger partial charge in [0.25, 0.3) is 0 Å². The molecule has 2 nitrogen and oxygen atoms in total. The number of hydrogen-bond acceptors (Lipinski definition) is 3. The molecule has 0 fully saturated rings. The van der Waals surface area contributed by atoms with Crippen LogP contribution in [-0.4, -0.2) is 4.98 Å². The summed E-state index contributed by atoms with van der Waals surface area (Å²) in [7, 11) is 0. The SMILES string of the molecule is Clc1cccc(NCc2nc3cc(Br)ccc3s2)c1. The molecule has 1 heterocycles. The molecule has 0 amide bonds. The van der Waals surface area contributed by atoms with E-state index in [0.29, 0.717) is 6.54 Å². The van der Waals surface area contributed by atoms with Crippen molar-refractivity contribution in [3.63, 3.8) is 0 Å². The quantitative estimate of drug-likeness (QED) is 0.689. The average Bonchev–Trinajstić information content (AvgIpc) is 2.78. The van der Waals surface area contributed by atoms with Crippen LogP contribution in [0.25, 0.3) is 10.2 Å². The number of benzene rings is 2. The number of anilines is 1. The molecular formula is C14H10BrClN2S. The van der Waals surface area contributed by atoms with Gasteiger partial charge in [0.1, 0.15) is 5.01 Å². The van der Waals surface area contributed by atoms with Gasteiger partial charge in [-0.2, -0.15) is 0 Å². The van der Waals surface area contributed by atoms with Crippen LogP contribution >= 0.6 is 38.9 Å². The van der Waals surface area contributed by atoms with Crippen molar-refractivity contribution in [3.05, 3.63) is 57.0 Å². The van der Waals surface area contributed by atoms with Gasteiger partial charge in [0, 0.05) is 15.2 Å². The highest BCUT2D eigenvalue weighted by Crippen LogP contribution is 2.26. The van der Waals surface area contributed by atoms with E-state index < -0.39 is 0 Å². The van der Waals surface area contributed by atoms with E-state index in [2.05, 4.69) is 32.3 Å². The highest BCUT2D eigenvalue weighted by molar-refractivity contribution is 9.10. The summed E-state index contributed by atoms with van der Waals surface area (Å²) in [5, 5.41) is 5.13. The van der Waals surface area contributed by atoms with E-state index in [9.17, 15) is 0 Å². The molecule has 0 atom stereocenters. The Hall–Kier alpha value is -1.10. The van der Waals surface area contributed by atoms with E-state index in [0.717, 1.165) is 25.7 Å². The minimum Gasteiger partial charge on any atom is -0.378 e. The molecule has 0 unspecified atom stereocenters. The summed E-state index contributed by atoms with van der Waals surface area (Å²) in [6, 6.07) is 13.9. The van der Waals surface area contributed by atoms with Crippen LogP contribution in [0, 0.1) is 0 Å². The first-order valence-corrected chi connectivity index (χ1v) is 7.74. The summed E-state index contributed by atoms with van der Waals surface area (Å²) >= 11 is 11.1. The third-order valence-corrected chi connectivity index (χ3v) is 4.43. The zero-order chi connectivity index (χ0) is 13.2. The smallest absolute Gasteiger partial charge is 0.113 e. The van der Waals surface area contributed by atoms with Gasteiger partial charge in [-0.3, -0.25) is 0 Å². The molecule has 1 aromatic heterocycles. The number of nitrogens with zero attached hydrogens (tertiary/aromatic N) is 1. The van der Waals surface area contributed by atoms with Crippen molar-refractivity contribution in [2.45, 2.75) is 6.54 Å². The van der Waals surface area contributed by atoms with Crippen LogP contribution in [0.3, 0.4) is 0 Å². The predicted octanol–water partition coefficient (Wildman–Crippen LogP) is 5.32. The van der Waals surface area contributed by atoms with Crippen molar-refractivity contribution in [1.82, 2.24) is 4.98 Å². The van der Waals surface area contributed by atoms with Gasteiger partial charge in [-0.1, -0.05) is 33.6 Å². The van der Waals surface area contributed by atoms with Crippen LogP contribution in [0.1, 0.15) is 5.01 Å². The second kappa shape index (κ2) is 5.49. The second-order valence-corrected chi connectivity index (χ2v) is 6.55. The molecule has 5 heteroatoms. The summed E-state index contributed by atoms with van der Waals surface area (Å²) in [5.41, 5.74) is 2.04. The highest BCUT2D eigenvalue weighted by Gasteiger charge is 2.04. The summed E-state index contributed by atoms with van der Waals surface area (Å²) in [4.78, 5) is 4.60. The normalized spacial score (nSPS) is 10.8. The van der Waals surface area contributed by atoms with Gasteiger partial charge in [-0.15, -0.1) is 11.3 Å². The Kier molecular flexibility index (Phi) is 3.73. The van der Waals surface area contributed by atoms with Crippen LogP contribution in [0.15, 0.2) is 46.9 Å². The molecule has 0 aliphatic rings. The third-order valence-electron chi connectivity index (χ3n) is 2.66. The van der Waals surface area contributed by atoms with Gasteiger partial charge in [-0.05, 0) is 36.4 Å². The number of thiazole rings is 1. The van der Waals surface area contributed by atoms with E-state index in [1.165, 1.54) is 4.70 Å². The Labute approximate surface area is 128 Å². The summed E-state index contributed by atoms with van der Waals surface area (Å²) < 4.78 is 2.26. The summed E-state index contributed by atoms with van der Waals surface area (Å²) in [6.45, 7) is 0.706. The zero-order valence-electron chi connectivity index (χ0n) is 9.86. The van der Waals surface area contributed by atoms with Crippen molar-refractivity contribution >= 4 is 54.8 Å². The molecule has 0 saturated carbocycles. The molecule has 0 aliphatic carbocycles. The van der Waals surface area contributed by atoms with Crippen molar-refractivity contribution in [2.24, 2.45) is 0 Å². The molecule has 3 rings (SSSR count). The molecule has 1 N–H and O–H groups in total. The van der Waals surface area contributed by atoms with Gasteiger partial charge < -0.3 is 5.32 Å². The molecule has 0 radical (unpaired) electrons. The van der Waals surface area contributed by atoms with Crippen LogP contribution in [0.2, 0.25) is 5.02 Å². The molecule has 96 valence electrons. The van der Waals surface area contributed by atoms with Gasteiger partial charge in [0.15, 0.2) is 0 Å². The van der Waals surface area contributed by atoms with Crippen LogP contribution in [0.5, 0.6) is 0 Å². The third kappa shape index (κ3) is 3.08. The van der Waals surface area contributed by atoms with Gasteiger partial charge in [-0.25, -0.2) is 4.98 Å². The monoisotopic (exact) mass is 352 g/mol. The lowest BCUT2D eigenvalue weighted by atomic mass is 10.3. The minimum atomic E-state index is 0.706. The lowest BCUT2D eigenvalue weighted by Gasteiger charge is -2.03. The van der Waals surface area contributed by atoms with Crippen molar-refractivity contribution in [1.29, 1.82) is 0 Å². The van der Waals surface area contributed by atoms with Crippen LogP contribution < -0.4 is 5.32 Å². The number of hydrogen-bond donors (Lipinski definition) is 1. The minimum absolute atomic E-state index is 0.706. The summed E-state index contributed by atoms with van der Waals surface area (Å²) in [5.74, 6) is 0. The fourth-order valence-corrected chi connectivity index (χ4v) is 3.23. The Bertz CT molecular complexity index is 726. The number of rotatable bonds is 3. The molecule has 2 aromatic carbocycles. The Morgan fingerprint density at radius 2 is 2.11 bits per heavy atom. The molecular weight excluding hydrogens is 344 g/mol. The fraction of sp³-hybridized carbons (Fsp3) is 0.0714. The van der Waals surface area contributed by atoms with E-state index in [1.54, 1.807) is 11.3 Å². The topological polar surface area (TPSA) is 24.9 Å². The Morgan fingerprint density at radius 1 is 1.21 bits per heavy atom. The Morgan fingerprint density at radius 3 is 2.95 bits per heavy atom. The molecule has 0 bridgehead atoms. The number of halogens is 2. The first kappa shape index (κ1) is 12.9. The maximum absolute atomic E-state index is 5.95. The zero-order valence-corrected chi connectivity index (χ0v) is 13.0. The number of aromatic nitrogens is 1. The van der Waals surface area contributed by atoms with Crippen molar-refractivity contribution in [3.8, 4) is 0 Å². The van der Waals surface area contributed by atoms with E-state index in [-0.39, 0.29) is 0 Å². The second-order valence-electron chi connectivity index (χ2n) is 4.08. The highest BCUT2D eigenvalue weighted by atomic mass is 79.9. The van der Waals surface area contributed by atoms with Gasteiger partial charge in [0.2, 0.25) is 0 Å². The number of fused-ring (bicyclic) bond motifs is 1.